The molecule has 0 unspecified atom stereocenters. The quantitative estimate of drug-likeness (QED) is 0.830. The summed E-state index contributed by atoms with van der Waals surface area (Å²) in [5, 5.41) is 5.67. The number of aryl methyl sites for hydroxylation is 1. The Morgan fingerprint density at radius 1 is 1.20 bits per heavy atom. The highest BCUT2D eigenvalue weighted by Crippen LogP contribution is 2.37. The second kappa shape index (κ2) is 6.55. The van der Waals surface area contributed by atoms with Crippen LogP contribution in [0.5, 0.6) is 0 Å². The molecule has 0 aromatic heterocycles. The SMILES string of the molecule is Cc1ccc(CNC(=O)CCNC(=O)[C@H]2C[C@@H]2C)cc1. The van der Waals surface area contributed by atoms with Crippen LogP contribution in [0.1, 0.15) is 30.9 Å². The van der Waals surface area contributed by atoms with Crippen molar-refractivity contribution in [1.29, 1.82) is 0 Å². The Morgan fingerprint density at radius 2 is 1.85 bits per heavy atom. The standard InChI is InChI=1S/C16H22N2O2/c1-11-3-5-13(6-4-11)10-18-15(19)7-8-17-16(20)14-9-12(14)2/h3-6,12,14H,7-10H2,1-2H3,(H,17,20)(H,18,19)/t12-,14-/m0/s1. The minimum atomic E-state index is -0.0327. The van der Waals surface area contributed by atoms with Crippen molar-refractivity contribution in [3.05, 3.63) is 35.4 Å². The summed E-state index contributed by atoms with van der Waals surface area (Å²) >= 11 is 0. The molecule has 1 aliphatic rings. The summed E-state index contributed by atoms with van der Waals surface area (Å²) < 4.78 is 0. The maximum atomic E-state index is 11.7. The van der Waals surface area contributed by atoms with E-state index >= 15 is 0 Å². The van der Waals surface area contributed by atoms with Crippen LogP contribution in [0.2, 0.25) is 0 Å². The van der Waals surface area contributed by atoms with Crippen LogP contribution in [0.15, 0.2) is 24.3 Å². The van der Waals surface area contributed by atoms with E-state index in [9.17, 15) is 9.59 Å². The molecule has 2 atom stereocenters. The molecule has 1 fully saturated rings. The lowest BCUT2D eigenvalue weighted by molar-refractivity contribution is -0.123. The van der Waals surface area contributed by atoms with Crippen LogP contribution in [0, 0.1) is 18.8 Å². The smallest absolute Gasteiger partial charge is 0.223 e. The van der Waals surface area contributed by atoms with Crippen molar-refractivity contribution in [1.82, 2.24) is 10.6 Å². The molecule has 0 saturated heterocycles. The highest BCUT2D eigenvalue weighted by molar-refractivity contribution is 5.82. The van der Waals surface area contributed by atoms with Crippen LogP contribution in [0.25, 0.3) is 0 Å². The Kier molecular flexibility index (Phi) is 4.77. The van der Waals surface area contributed by atoms with Crippen molar-refractivity contribution in [2.45, 2.75) is 33.2 Å². The number of carbonyl (C=O) groups is 2. The van der Waals surface area contributed by atoms with Crippen molar-refractivity contribution in [2.75, 3.05) is 6.54 Å². The fourth-order valence-electron chi connectivity index (χ4n) is 2.11. The van der Waals surface area contributed by atoms with Crippen LogP contribution in [-0.4, -0.2) is 18.4 Å². The van der Waals surface area contributed by atoms with Gasteiger partial charge in [-0.3, -0.25) is 9.59 Å². The van der Waals surface area contributed by atoms with Gasteiger partial charge in [0.2, 0.25) is 11.8 Å². The molecule has 1 aromatic rings. The molecule has 1 saturated carbocycles. The number of carbonyl (C=O) groups excluding carboxylic acids is 2. The lowest BCUT2D eigenvalue weighted by Crippen LogP contribution is -2.31. The van der Waals surface area contributed by atoms with Crippen molar-refractivity contribution < 1.29 is 9.59 Å². The molecule has 4 heteroatoms. The zero-order valence-corrected chi connectivity index (χ0v) is 12.1. The molecule has 0 aliphatic heterocycles. The third-order valence-corrected chi connectivity index (χ3v) is 3.71. The first-order valence-corrected chi connectivity index (χ1v) is 7.16. The minimum absolute atomic E-state index is 0.0327. The molecule has 4 nitrogen and oxygen atoms in total. The number of rotatable bonds is 6. The first kappa shape index (κ1) is 14.6. The van der Waals surface area contributed by atoms with Crippen molar-refractivity contribution >= 4 is 11.8 Å². The first-order valence-electron chi connectivity index (χ1n) is 7.16. The largest absolute Gasteiger partial charge is 0.355 e. The van der Waals surface area contributed by atoms with Gasteiger partial charge in [-0.1, -0.05) is 36.8 Å². The minimum Gasteiger partial charge on any atom is -0.355 e. The highest BCUT2D eigenvalue weighted by Gasteiger charge is 2.38. The summed E-state index contributed by atoms with van der Waals surface area (Å²) in [4.78, 5) is 23.2. The van der Waals surface area contributed by atoms with E-state index in [1.807, 2.05) is 31.2 Å². The van der Waals surface area contributed by atoms with E-state index in [2.05, 4.69) is 17.6 Å². The Labute approximate surface area is 119 Å². The van der Waals surface area contributed by atoms with Gasteiger partial charge in [0, 0.05) is 25.4 Å². The molecule has 0 radical (unpaired) electrons. The Hall–Kier alpha value is -1.84. The lowest BCUT2D eigenvalue weighted by Gasteiger charge is -2.07. The van der Waals surface area contributed by atoms with Gasteiger partial charge in [0.15, 0.2) is 0 Å². The zero-order chi connectivity index (χ0) is 14.5. The van der Waals surface area contributed by atoms with Gasteiger partial charge in [-0.2, -0.15) is 0 Å². The summed E-state index contributed by atoms with van der Waals surface area (Å²) in [6.45, 7) is 5.05. The fourth-order valence-corrected chi connectivity index (χ4v) is 2.11. The number of hydrogen-bond donors (Lipinski definition) is 2. The second-order valence-corrected chi connectivity index (χ2v) is 5.62. The maximum absolute atomic E-state index is 11.7. The number of hydrogen-bond acceptors (Lipinski definition) is 2. The van der Waals surface area contributed by atoms with E-state index in [1.54, 1.807) is 0 Å². The molecular weight excluding hydrogens is 252 g/mol. The molecule has 108 valence electrons. The van der Waals surface area contributed by atoms with Gasteiger partial charge in [0.1, 0.15) is 0 Å². The molecular formula is C16H22N2O2. The molecule has 1 aromatic carbocycles. The topological polar surface area (TPSA) is 58.2 Å². The number of amides is 2. The molecule has 2 N–H and O–H groups in total. The molecule has 2 rings (SSSR count). The second-order valence-electron chi connectivity index (χ2n) is 5.62. The Balaban J connectivity index is 1.60. The Bertz CT molecular complexity index is 482. The predicted molar refractivity (Wildman–Crippen MR) is 77.9 cm³/mol. The van der Waals surface area contributed by atoms with E-state index in [0.717, 1.165) is 12.0 Å². The average Bonchev–Trinajstić information content (AvgIpc) is 3.15. The average molecular weight is 274 g/mol. The van der Waals surface area contributed by atoms with E-state index in [0.29, 0.717) is 25.4 Å². The van der Waals surface area contributed by atoms with Crippen LogP contribution in [0.4, 0.5) is 0 Å². The molecule has 0 bridgehead atoms. The fraction of sp³-hybridized carbons (Fsp3) is 0.500. The van der Waals surface area contributed by atoms with E-state index in [-0.39, 0.29) is 17.7 Å². The summed E-state index contributed by atoms with van der Waals surface area (Å²) in [7, 11) is 0. The van der Waals surface area contributed by atoms with Gasteiger partial charge in [0.05, 0.1) is 0 Å². The summed E-state index contributed by atoms with van der Waals surface area (Å²) in [5.74, 6) is 0.731. The van der Waals surface area contributed by atoms with Gasteiger partial charge in [-0.15, -0.1) is 0 Å². The van der Waals surface area contributed by atoms with E-state index in [1.165, 1.54) is 5.56 Å². The van der Waals surface area contributed by atoms with Crippen molar-refractivity contribution in [3.63, 3.8) is 0 Å². The molecule has 20 heavy (non-hydrogen) atoms. The molecule has 0 heterocycles. The molecule has 0 spiro atoms. The normalized spacial score (nSPS) is 20.3. The van der Waals surface area contributed by atoms with Crippen LogP contribution in [0.3, 0.4) is 0 Å². The highest BCUT2D eigenvalue weighted by atomic mass is 16.2. The zero-order valence-electron chi connectivity index (χ0n) is 12.1. The third kappa shape index (κ3) is 4.37. The van der Waals surface area contributed by atoms with Crippen LogP contribution in [-0.2, 0) is 16.1 Å². The van der Waals surface area contributed by atoms with E-state index < -0.39 is 0 Å². The van der Waals surface area contributed by atoms with E-state index in [4.69, 9.17) is 0 Å². The van der Waals surface area contributed by atoms with Crippen molar-refractivity contribution in [3.8, 4) is 0 Å². The van der Waals surface area contributed by atoms with Gasteiger partial charge < -0.3 is 10.6 Å². The molecule has 2 amide bonds. The Morgan fingerprint density at radius 3 is 2.45 bits per heavy atom. The monoisotopic (exact) mass is 274 g/mol. The van der Waals surface area contributed by atoms with Crippen LogP contribution >= 0.6 is 0 Å². The third-order valence-electron chi connectivity index (χ3n) is 3.71. The summed E-state index contributed by atoms with van der Waals surface area (Å²) in [6.07, 6.45) is 1.31. The number of nitrogens with one attached hydrogen (secondary N) is 2. The molecule has 1 aliphatic carbocycles. The number of benzene rings is 1. The van der Waals surface area contributed by atoms with Gasteiger partial charge >= 0.3 is 0 Å². The van der Waals surface area contributed by atoms with Gasteiger partial charge in [-0.25, -0.2) is 0 Å². The van der Waals surface area contributed by atoms with Gasteiger partial charge in [0.25, 0.3) is 0 Å². The van der Waals surface area contributed by atoms with Crippen molar-refractivity contribution in [2.24, 2.45) is 11.8 Å². The van der Waals surface area contributed by atoms with Gasteiger partial charge in [-0.05, 0) is 24.8 Å². The predicted octanol–water partition coefficient (Wildman–Crippen LogP) is 1.77. The maximum Gasteiger partial charge on any atom is 0.223 e. The first-order chi connectivity index (χ1) is 9.56. The summed E-state index contributed by atoms with van der Waals surface area (Å²) in [6, 6.07) is 8.06. The summed E-state index contributed by atoms with van der Waals surface area (Å²) in [5.41, 5.74) is 2.29. The lowest BCUT2D eigenvalue weighted by atomic mass is 10.1. The van der Waals surface area contributed by atoms with Crippen LogP contribution < -0.4 is 10.6 Å².